The predicted molar refractivity (Wildman–Crippen MR) is 110 cm³/mol. The van der Waals surface area contributed by atoms with Gasteiger partial charge >= 0.3 is 6.03 Å². The van der Waals surface area contributed by atoms with E-state index in [2.05, 4.69) is 10.6 Å². The van der Waals surface area contributed by atoms with Crippen LogP contribution in [0, 0.1) is 12.8 Å². The topological polar surface area (TPSA) is 87.5 Å². The van der Waals surface area contributed by atoms with Crippen LogP contribution in [0.15, 0.2) is 24.3 Å². The van der Waals surface area contributed by atoms with E-state index in [4.69, 9.17) is 5.73 Å². The minimum atomic E-state index is -0.655. The number of nitrogens with two attached hydrogens (primary N) is 1. The number of carbonyl (C=O) groups is 2. The summed E-state index contributed by atoms with van der Waals surface area (Å²) in [5.74, 6) is 0.380. The van der Waals surface area contributed by atoms with Gasteiger partial charge in [-0.15, -0.1) is 12.4 Å². The largest absolute Gasteiger partial charge is 0.341 e. The van der Waals surface area contributed by atoms with Crippen LogP contribution in [0.1, 0.15) is 44.1 Å². The first kappa shape index (κ1) is 21.5. The number of likely N-dealkylation sites (tertiary alicyclic amines) is 1. The van der Waals surface area contributed by atoms with Gasteiger partial charge in [0.25, 0.3) is 0 Å². The first-order valence-corrected chi connectivity index (χ1v) is 9.66. The molecule has 1 aromatic carbocycles. The molecule has 1 aliphatic carbocycles. The van der Waals surface area contributed by atoms with Crippen molar-refractivity contribution in [2.24, 2.45) is 11.7 Å². The van der Waals surface area contributed by atoms with Gasteiger partial charge < -0.3 is 21.3 Å². The molecule has 1 atom stereocenters. The van der Waals surface area contributed by atoms with Gasteiger partial charge in [-0.3, -0.25) is 4.79 Å². The Bertz CT molecular complexity index is 644. The van der Waals surface area contributed by atoms with Crippen molar-refractivity contribution in [3.8, 4) is 0 Å². The number of nitrogens with zero attached hydrogens (tertiary/aromatic N) is 1. The molecule has 3 rings (SSSR count). The molecule has 1 saturated heterocycles. The van der Waals surface area contributed by atoms with Crippen molar-refractivity contribution in [1.29, 1.82) is 0 Å². The average molecular weight is 395 g/mol. The second-order valence-corrected chi connectivity index (χ2v) is 7.82. The maximum Gasteiger partial charge on any atom is 0.319 e. The Hall–Kier alpha value is -1.79. The van der Waals surface area contributed by atoms with Gasteiger partial charge in [0.05, 0.1) is 5.54 Å². The molecule has 2 fully saturated rings. The fourth-order valence-corrected chi connectivity index (χ4v) is 4.00. The quantitative estimate of drug-likeness (QED) is 0.733. The molecule has 27 heavy (non-hydrogen) atoms. The lowest BCUT2D eigenvalue weighted by molar-refractivity contribution is -0.138. The molecule has 1 aromatic rings. The Balaban J connectivity index is 0.00000261. The number of hydrogen-bond donors (Lipinski definition) is 3. The van der Waals surface area contributed by atoms with Crippen molar-refractivity contribution < 1.29 is 9.59 Å². The Morgan fingerprint density at radius 1 is 1.19 bits per heavy atom. The Morgan fingerprint density at radius 2 is 1.85 bits per heavy atom. The lowest BCUT2D eigenvalue weighted by atomic mass is 9.92. The molecule has 1 unspecified atom stereocenters. The predicted octanol–water partition coefficient (Wildman–Crippen LogP) is 3.05. The van der Waals surface area contributed by atoms with Crippen LogP contribution in [-0.2, 0) is 4.79 Å². The molecule has 1 heterocycles. The number of rotatable bonds is 4. The summed E-state index contributed by atoms with van der Waals surface area (Å²) in [5.41, 5.74) is 7.61. The lowest BCUT2D eigenvalue weighted by Crippen LogP contribution is -2.56. The zero-order valence-electron chi connectivity index (χ0n) is 16.0. The van der Waals surface area contributed by atoms with Gasteiger partial charge in [0, 0.05) is 25.3 Å². The number of anilines is 1. The highest BCUT2D eigenvalue weighted by molar-refractivity contribution is 5.89. The highest BCUT2D eigenvalue weighted by Crippen LogP contribution is 2.30. The number of amides is 3. The summed E-state index contributed by atoms with van der Waals surface area (Å²) in [6.45, 7) is 4.04. The Kier molecular flexibility index (Phi) is 7.50. The van der Waals surface area contributed by atoms with E-state index in [0.717, 1.165) is 56.3 Å². The molecule has 0 bridgehead atoms. The van der Waals surface area contributed by atoms with Crippen molar-refractivity contribution in [2.75, 3.05) is 25.0 Å². The van der Waals surface area contributed by atoms with Crippen molar-refractivity contribution >= 4 is 30.0 Å². The summed E-state index contributed by atoms with van der Waals surface area (Å²) in [4.78, 5) is 26.8. The van der Waals surface area contributed by atoms with E-state index in [0.29, 0.717) is 13.1 Å². The molecule has 0 spiro atoms. The van der Waals surface area contributed by atoms with E-state index >= 15 is 0 Å². The SMILES string of the molecule is Cc1ccc(NC(=O)NCC2CCCN(C(=O)C3(N)CCCC3)C2)cc1.Cl. The first-order chi connectivity index (χ1) is 12.5. The highest BCUT2D eigenvalue weighted by Gasteiger charge is 2.40. The maximum atomic E-state index is 12.8. The monoisotopic (exact) mass is 394 g/mol. The molecular weight excluding hydrogens is 364 g/mol. The number of piperidine rings is 1. The van der Waals surface area contributed by atoms with Crippen LogP contribution in [0.25, 0.3) is 0 Å². The summed E-state index contributed by atoms with van der Waals surface area (Å²) in [6.07, 6.45) is 5.66. The van der Waals surface area contributed by atoms with Crippen molar-refractivity contribution in [1.82, 2.24) is 10.2 Å². The van der Waals surface area contributed by atoms with Crippen LogP contribution in [0.4, 0.5) is 10.5 Å². The van der Waals surface area contributed by atoms with Crippen LogP contribution in [0.3, 0.4) is 0 Å². The number of halogens is 1. The normalized spacial score (nSPS) is 21.3. The number of urea groups is 1. The third-order valence-corrected chi connectivity index (χ3v) is 5.59. The second kappa shape index (κ2) is 9.42. The third-order valence-electron chi connectivity index (χ3n) is 5.59. The smallest absolute Gasteiger partial charge is 0.319 e. The maximum absolute atomic E-state index is 12.8. The molecule has 6 nitrogen and oxygen atoms in total. The minimum Gasteiger partial charge on any atom is -0.341 e. The summed E-state index contributed by atoms with van der Waals surface area (Å²) < 4.78 is 0. The van der Waals surface area contributed by atoms with E-state index in [1.807, 2.05) is 36.1 Å². The van der Waals surface area contributed by atoms with Gasteiger partial charge in [-0.05, 0) is 50.7 Å². The Labute approximate surface area is 167 Å². The fraction of sp³-hybridized carbons (Fsp3) is 0.600. The fourth-order valence-electron chi connectivity index (χ4n) is 4.00. The number of hydrogen-bond acceptors (Lipinski definition) is 3. The molecule has 3 amide bonds. The van der Waals surface area contributed by atoms with Crippen molar-refractivity contribution in [3.05, 3.63) is 29.8 Å². The van der Waals surface area contributed by atoms with Crippen LogP contribution in [0.5, 0.6) is 0 Å². The molecule has 1 aliphatic heterocycles. The number of aryl methyl sites for hydroxylation is 1. The molecule has 4 N–H and O–H groups in total. The molecule has 1 saturated carbocycles. The molecular formula is C20H31ClN4O2. The van der Waals surface area contributed by atoms with Gasteiger partial charge in [-0.25, -0.2) is 4.79 Å². The Morgan fingerprint density at radius 3 is 2.52 bits per heavy atom. The molecule has 7 heteroatoms. The van der Waals surface area contributed by atoms with E-state index in [1.165, 1.54) is 0 Å². The standard InChI is InChI=1S/C20H30N4O2.ClH/c1-15-6-8-17(9-7-15)23-19(26)22-13-16-5-4-12-24(14-16)18(25)20(21)10-2-3-11-20;/h6-9,16H,2-5,10-14,21H2,1H3,(H2,22,23,26);1H. The zero-order valence-corrected chi connectivity index (χ0v) is 16.8. The summed E-state index contributed by atoms with van der Waals surface area (Å²) in [6, 6.07) is 7.50. The van der Waals surface area contributed by atoms with Crippen LogP contribution >= 0.6 is 12.4 Å². The second-order valence-electron chi connectivity index (χ2n) is 7.82. The van der Waals surface area contributed by atoms with E-state index in [9.17, 15) is 9.59 Å². The first-order valence-electron chi connectivity index (χ1n) is 9.66. The lowest BCUT2D eigenvalue weighted by Gasteiger charge is -2.37. The number of benzene rings is 1. The molecule has 2 aliphatic rings. The molecule has 150 valence electrons. The van der Waals surface area contributed by atoms with Gasteiger partial charge in [-0.1, -0.05) is 30.5 Å². The third kappa shape index (κ3) is 5.59. The van der Waals surface area contributed by atoms with Crippen LogP contribution < -0.4 is 16.4 Å². The zero-order chi connectivity index (χ0) is 18.6. The van der Waals surface area contributed by atoms with Crippen molar-refractivity contribution in [2.45, 2.75) is 51.0 Å². The highest BCUT2D eigenvalue weighted by atomic mass is 35.5. The number of carbonyl (C=O) groups excluding carboxylic acids is 2. The van der Waals surface area contributed by atoms with E-state index in [1.54, 1.807) is 0 Å². The van der Waals surface area contributed by atoms with Gasteiger partial charge in [0.1, 0.15) is 0 Å². The minimum absolute atomic E-state index is 0. The number of nitrogens with one attached hydrogen (secondary N) is 2. The van der Waals surface area contributed by atoms with Crippen LogP contribution in [-0.4, -0.2) is 42.0 Å². The van der Waals surface area contributed by atoms with Crippen molar-refractivity contribution in [3.63, 3.8) is 0 Å². The summed E-state index contributed by atoms with van der Waals surface area (Å²) in [7, 11) is 0. The van der Waals surface area contributed by atoms with Gasteiger partial charge in [0.15, 0.2) is 0 Å². The van der Waals surface area contributed by atoms with E-state index in [-0.39, 0.29) is 30.3 Å². The summed E-state index contributed by atoms with van der Waals surface area (Å²) >= 11 is 0. The summed E-state index contributed by atoms with van der Waals surface area (Å²) in [5, 5.41) is 5.78. The van der Waals surface area contributed by atoms with Crippen LogP contribution in [0.2, 0.25) is 0 Å². The van der Waals surface area contributed by atoms with Gasteiger partial charge in [-0.2, -0.15) is 0 Å². The molecule has 0 aromatic heterocycles. The average Bonchev–Trinajstić information content (AvgIpc) is 3.09. The molecule has 0 radical (unpaired) electrons. The van der Waals surface area contributed by atoms with E-state index < -0.39 is 5.54 Å². The van der Waals surface area contributed by atoms with Gasteiger partial charge in [0.2, 0.25) is 5.91 Å².